The van der Waals surface area contributed by atoms with E-state index >= 15 is 0 Å². The summed E-state index contributed by atoms with van der Waals surface area (Å²) in [5, 5.41) is 0.274. The highest BCUT2D eigenvalue weighted by Crippen LogP contribution is 2.16. The minimum atomic E-state index is 0.274. The SMILES string of the molecule is CC(C)CC(Cl)CCc1ccc(Br)cn1. The zero-order valence-corrected chi connectivity index (χ0v) is 11.6. The predicted molar refractivity (Wildman–Crippen MR) is 69.4 cm³/mol. The second-order valence-electron chi connectivity index (χ2n) is 4.23. The van der Waals surface area contributed by atoms with Gasteiger partial charge >= 0.3 is 0 Å². The first-order chi connectivity index (χ1) is 7.08. The van der Waals surface area contributed by atoms with E-state index in [1.165, 1.54) is 0 Å². The van der Waals surface area contributed by atoms with Crippen LogP contribution < -0.4 is 0 Å². The molecule has 0 aliphatic carbocycles. The predicted octanol–water partition coefficient (Wildman–Crippen LogP) is 4.43. The summed E-state index contributed by atoms with van der Waals surface area (Å²) in [5.41, 5.74) is 1.12. The van der Waals surface area contributed by atoms with Crippen LogP contribution in [-0.4, -0.2) is 10.4 Å². The quantitative estimate of drug-likeness (QED) is 0.731. The van der Waals surface area contributed by atoms with Crippen molar-refractivity contribution in [1.82, 2.24) is 4.98 Å². The van der Waals surface area contributed by atoms with Crippen molar-refractivity contribution in [2.45, 2.75) is 38.5 Å². The van der Waals surface area contributed by atoms with Gasteiger partial charge in [-0.3, -0.25) is 4.98 Å². The van der Waals surface area contributed by atoms with Crippen LogP contribution in [0.25, 0.3) is 0 Å². The lowest BCUT2D eigenvalue weighted by molar-refractivity contribution is 0.543. The fourth-order valence-electron chi connectivity index (χ4n) is 1.49. The number of aryl methyl sites for hydroxylation is 1. The van der Waals surface area contributed by atoms with E-state index in [2.05, 4.69) is 34.8 Å². The van der Waals surface area contributed by atoms with Gasteiger partial charge < -0.3 is 0 Å². The lowest BCUT2D eigenvalue weighted by atomic mass is 10.0. The summed E-state index contributed by atoms with van der Waals surface area (Å²) in [6, 6.07) is 4.07. The van der Waals surface area contributed by atoms with Crippen LogP contribution in [0.3, 0.4) is 0 Å². The average molecular weight is 291 g/mol. The summed E-state index contributed by atoms with van der Waals surface area (Å²) in [6.45, 7) is 4.40. The van der Waals surface area contributed by atoms with Crippen LogP contribution in [0.15, 0.2) is 22.8 Å². The molecule has 1 unspecified atom stereocenters. The monoisotopic (exact) mass is 289 g/mol. The highest BCUT2D eigenvalue weighted by atomic mass is 79.9. The smallest absolute Gasteiger partial charge is 0.0413 e. The van der Waals surface area contributed by atoms with Crippen molar-refractivity contribution in [3.63, 3.8) is 0 Å². The van der Waals surface area contributed by atoms with Crippen molar-refractivity contribution in [3.05, 3.63) is 28.5 Å². The zero-order valence-electron chi connectivity index (χ0n) is 9.21. The topological polar surface area (TPSA) is 12.9 Å². The normalized spacial score (nSPS) is 13.1. The number of halogens is 2. The van der Waals surface area contributed by atoms with Gasteiger partial charge in [-0.05, 0) is 53.2 Å². The number of pyridine rings is 1. The van der Waals surface area contributed by atoms with Crippen LogP contribution in [0.4, 0.5) is 0 Å². The van der Waals surface area contributed by atoms with Gasteiger partial charge in [-0.1, -0.05) is 13.8 Å². The molecule has 1 nitrogen and oxygen atoms in total. The molecule has 0 amide bonds. The van der Waals surface area contributed by atoms with Crippen molar-refractivity contribution < 1.29 is 0 Å². The Bertz CT molecular complexity index is 284. The van der Waals surface area contributed by atoms with E-state index in [0.717, 1.165) is 29.4 Å². The lowest BCUT2D eigenvalue weighted by Gasteiger charge is -2.11. The summed E-state index contributed by atoms with van der Waals surface area (Å²) < 4.78 is 1.02. The Hall–Kier alpha value is -0.0800. The van der Waals surface area contributed by atoms with E-state index in [0.29, 0.717) is 5.92 Å². The Kier molecular flexibility index (Phi) is 5.62. The summed E-state index contributed by atoms with van der Waals surface area (Å²) in [7, 11) is 0. The molecular weight excluding hydrogens is 273 g/mol. The van der Waals surface area contributed by atoms with E-state index in [1.54, 1.807) is 0 Å². The van der Waals surface area contributed by atoms with E-state index in [4.69, 9.17) is 11.6 Å². The van der Waals surface area contributed by atoms with Crippen molar-refractivity contribution in [2.24, 2.45) is 5.92 Å². The first-order valence-electron chi connectivity index (χ1n) is 5.32. The molecule has 0 aliphatic heterocycles. The largest absolute Gasteiger partial charge is 0.260 e. The van der Waals surface area contributed by atoms with Gasteiger partial charge in [0, 0.05) is 21.7 Å². The molecule has 1 heterocycles. The molecule has 3 heteroatoms. The number of nitrogens with zero attached hydrogens (tertiary/aromatic N) is 1. The molecule has 84 valence electrons. The van der Waals surface area contributed by atoms with E-state index < -0.39 is 0 Å². The second-order valence-corrected chi connectivity index (χ2v) is 5.77. The molecule has 0 aromatic carbocycles. The molecular formula is C12H17BrClN. The fraction of sp³-hybridized carbons (Fsp3) is 0.583. The third-order valence-corrected chi connectivity index (χ3v) is 3.09. The van der Waals surface area contributed by atoms with Crippen LogP contribution in [0.5, 0.6) is 0 Å². The van der Waals surface area contributed by atoms with E-state index in [-0.39, 0.29) is 5.38 Å². The van der Waals surface area contributed by atoms with E-state index in [1.807, 2.05) is 18.3 Å². The van der Waals surface area contributed by atoms with Gasteiger partial charge in [-0.25, -0.2) is 0 Å². The molecule has 0 fully saturated rings. The second kappa shape index (κ2) is 6.49. The highest BCUT2D eigenvalue weighted by molar-refractivity contribution is 9.10. The lowest BCUT2D eigenvalue weighted by Crippen LogP contribution is -2.05. The molecule has 1 atom stereocenters. The number of hydrogen-bond donors (Lipinski definition) is 0. The van der Waals surface area contributed by atoms with Crippen molar-refractivity contribution in [1.29, 1.82) is 0 Å². The zero-order chi connectivity index (χ0) is 11.3. The standard InChI is InChI=1S/C12H17BrClN/c1-9(2)7-11(14)4-6-12-5-3-10(13)8-15-12/h3,5,8-9,11H,4,6-7H2,1-2H3. The molecule has 0 saturated carbocycles. The van der Waals surface area contributed by atoms with Crippen LogP contribution in [0.2, 0.25) is 0 Å². The van der Waals surface area contributed by atoms with Crippen LogP contribution in [0.1, 0.15) is 32.4 Å². The summed E-state index contributed by atoms with van der Waals surface area (Å²) in [5.74, 6) is 0.672. The minimum Gasteiger partial charge on any atom is -0.260 e. The molecule has 0 N–H and O–H groups in total. The molecule has 15 heavy (non-hydrogen) atoms. The Balaban J connectivity index is 2.33. The third-order valence-electron chi connectivity index (χ3n) is 2.23. The van der Waals surface area contributed by atoms with Crippen LogP contribution in [0, 0.1) is 5.92 Å². The summed E-state index contributed by atoms with van der Waals surface area (Å²) in [6.07, 6.45) is 4.89. The third kappa shape index (κ3) is 5.53. The minimum absolute atomic E-state index is 0.274. The van der Waals surface area contributed by atoms with Gasteiger partial charge in [0.2, 0.25) is 0 Å². The molecule has 0 radical (unpaired) electrons. The maximum atomic E-state index is 6.22. The molecule has 1 rings (SSSR count). The maximum absolute atomic E-state index is 6.22. The molecule has 0 saturated heterocycles. The van der Waals surface area contributed by atoms with Gasteiger partial charge in [-0.15, -0.1) is 11.6 Å². The first-order valence-corrected chi connectivity index (χ1v) is 6.55. The van der Waals surface area contributed by atoms with Gasteiger partial charge in [0.05, 0.1) is 0 Å². The number of aromatic nitrogens is 1. The van der Waals surface area contributed by atoms with Gasteiger partial charge in [0.15, 0.2) is 0 Å². The Morgan fingerprint density at radius 3 is 2.67 bits per heavy atom. The fourth-order valence-corrected chi connectivity index (χ4v) is 2.19. The number of alkyl halides is 1. The highest BCUT2D eigenvalue weighted by Gasteiger charge is 2.07. The summed E-state index contributed by atoms with van der Waals surface area (Å²) >= 11 is 9.59. The molecule has 1 aromatic heterocycles. The number of hydrogen-bond acceptors (Lipinski definition) is 1. The van der Waals surface area contributed by atoms with Crippen LogP contribution >= 0.6 is 27.5 Å². The molecule has 1 aromatic rings. The van der Waals surface area contributed by atoms with Crippen molar-refractivity contribution >= 4 is 27.5 Å². The van der Waals surface area contributed by atoms with Crippen molar-refractivity contribution in [2.75, 3.05) is 0 Å². The van der Waals surface area contributed by atoms with Crippen molar-refractivity contribution in [3.8, 4) is 0 Å². The maximum Gasteiger partial charge on any atom is 0.0413 e. The summed E-state index contributed by atoms with van der Waals surface area (Å²) in [4.78, 5) is 4.32. The molecule has 0 bridgehead atoms. The molecule has 0 aliphatic rings. The Morgan fingerprint density at radius 1 is 1.40 bits per heavy atom. The number of rotatable bonds is 5. The van der Waals surface area contributed by atoms with Crippen LogP contribution in [-0.2, 0) is 6.42 Å². The first kappa shape index (κ1) is 13.0. The van der Waals surface area contributed by atoms with E-state index in [9.17, 15) is 0 Å². The average Bonchev–Trinajstić information content (AvgIpc) is 2.16. The molecule has 0 spiro atoms. The van der Waals surface area contributed by atoms with Gasteiger partial charge in [0.1, 0.15) is 0 Å². The van der Waals surface area contributed by atoms with Gasteiger partial charge in [-0.2, -0.15) is 0 Å². The Morgan fingerprint density at radius 2 is 2.13 bits per heavy atom. The Labute approximate surface area is 105 Å². The van der Waals surface area contributed by atoms with Gasteiger partial charge in [0.25, 0.3) is 0 Å².